The Morgan fingerprint density at radius 1 is 1.40 bits per heavy atom. The average Bonchev–Trinajstić information content (AvgIpc) is 2.38. The van der Waals surface area contributed by atoms with E-state index in [0.717, 1.165) is 5.92 Å². The lowest BCUT2D eigenvalue weighted by molar-refractivity contribution is 0.659. The van der Waals surface area contributed by atoms with Crippen molar-refractivity contribution in [3.8, 4) is 0 Å². The molecule has 0 amide bonds. The van der Waals surface area contributed by atoms with E-state index >= 15 is 0 Å². The molecule has 0 aliphatic heterocycles. The molecule has 10 heavy (non-hydrogen) atoms. The van der Waals surface area contributed by atoms with Crippen LogP contribution in [-0.2, 0) is 0 Å². The van der Waals surface area contributed by atoms with Crippen LogP contribution in [0.5, 0.6) is 0 Å². The molecule has 0 atom stereocenters. The Hall–Kier alpha value is -0.520. The molecule has 0 saturated heterocycles. The normalized spacial score (nSPS) is 20.5. The number of hydrogen-bond acceptors (Lipinski definition) is 0. The minimum absolute atomic E-state index is 0.802. The second kappa shape index (κ2) is 3.60. The molecule has 0 aromatic heterocycles. The Labute approximate surface area is 63.6 Å². The van der Waals surface area contributed by atoms with Crippen LogP contribution in [0.1, 0.15) is 32.6 Å². The number of allylic oxidation sites excluding steroid dienone is 3. The average molecular weight is 136 g/mol. The van der Waals surface area contributed by atoms with Crippen LogP contribution >= 0.6 is 0 Å². The summed E-state index contributed by atoms with van der Waals surface area (Å²) < 4.78 is 0. The maximum Gasteiger partial charge on any atom is -0.0168 e. The summed E-state index contributed by atoms with van der Waals surface area (Å²) >= 11 is 0. The summed E-state index contributed by atoms with van der Waals surface area (Å²) in [6.45, 7) is 6.10. The van der Waals surface area contributed by atoms with Crippen LogP contribution in [0.15, 0.2) is 24.3 Å². The maximum atomic E-state index is 4.04. The van der Waals surface area contributed by atoms with Gasteiger partial charge in [-0.15, -0.1) is 0 Å². The Morgan fingerprint density at radius 3 is 2.50 bits per heavy atom. The first-order chi connectivity index (χ1) is 4.84. The van der Waals surface area contributed by atoms with E-state index < -0.39 is 0 Å². The van der Waals surface area contributed by atoms with Crippen LogP contribution in [0.3, 0.4) is 0 Å². The summed E-state index contributed by atoms with van der Waals surface area (Å²) in [5.41, 5.74) is 1.33. The lowest BCUT2D eigenvalue weighted by Crippen LogP contribution is -1.93. The molecule has 0 heteroatoms. The molecule has 0 spiro atoms. The summed E-state index contributed by atoms with van der Waals surface area (Å²) in [5.74, 6) is 0.802. The zero-order valence-corrected chi connectivity index (χ0v) is 6.77. The Kier molecular flexibility index (Phi) is 2.73. The van der Waals surface area contributed by atoms with Gasteiger partial charge in [0.1, 0.15) is 0 Å². The van der Waals surface area contributed by atoms with Crippen molar-refractivity contribution >= 4 is 0 Å². The molecule has 1 rings (SSSR count). The molecule has 0 unspecified atom stereocenters. The van der Waals surface area contributed by atoms with Crippen LogP contribution in [0.4, 0.5) is 0 Å². The van der Waals surface area contributed by atoms with E-state index in [1.807, 2.05) is 0 Å². The largest absolute Gasteiger partial charge is 0.0956 e. The van der Waals surface area contributed by atoms with E-state index in [9.17, 15) is 0 Å². The summed E-state index contributed by atoms with van der Waals surface area (Å²) in [6.07, 6.45) is 9.77. The quantitative estimate of drug-likeness (QED) is 0.511. The summed E-state index contributed by atoms with van der Waals surface area (Å²) in [4.78, 5) is 0. The van der Waals surface area contributed by atoms with Crippen LogP contribution < -0.4 is 0 Å². The van der Waals surface area contributed by atoms with Gasteiger partial charge < -0.3 is 0 Å². The SMILES string of the molecule is C=C(/C=C/C)C1CCCC1. The smallest absolute Gasteiger partial charge is 0.0168 e. The first-order valence-electron chi connectivity index (χ1n) is 4.16. The van der Waals surface area contributed by atoms with E-state index in [1.165, 1.54) is 31.3 Å². The third-order valence-corrected chi connectivity index (χ3v) is 2.26. The van der Waals surface area contributed by atoms with Crippen molar-refractivity contribution < 1.29 is 0 Å². The van der Waals surface area contributed by atoms with Crippen molar-refractivity contribution in [1.82, 2.24) is 0 Å². The van der Waals surface area contributed by atoms with E-state index in [2.05, 4.69) is 25.7 Å². The lowest BCUT2D eigenvalue weighted by Gasteiger charge is -2.06. The van der Waals surface area contributed by atoms with Crippen molar-refractivity contribution in [2.75, 3.05) is 0 Å². The molecule has 56 valence electrons. The van der Waals surface area contributed by atoms with Crippen molar-refractivity contribution in [3.63, 3.8) is 0 Å². The monoisotopic (exact) mass is 136 g/mol. The predicted octanol–water partition coefficient (Wildman–Crippen LogP) is 3.31. The molecule has 0 radical (unpaired) electrons. The van der Waals surface area contributed by atoms with Gasteiger partial charge in [0.2, 0.25) is 0 Å². The van der Waals surface area contributed by atoms with Gasteiger partial charge in [-0.1, -0.05) is 37.1 Å². The molecular weight excluding hydrogens is 120 g/mol. The molecule has 1 saturated carbocycles. The van der Waals surface area contributed by atoms with Gasteiger partial charge in [-0.2, -0.15) is 0 Å². The first-order valence-corrected chi connectivity index (χ1v) is 4.16. The molecule has 0 heterocycles. The van der Waals surface area contributed by atoms with Crippen molar-refractivity contribution in [2.24, 2.45) is 5.92 Å². The molecular formula is C10H16. The second-order valence-corrected chi connectivity index (χ2v) is 3.06. The van der Waals surface area contributed by atoms with Gasteiger partial charge in [-0.25, -0.2) is 0 Å². The predicted molar refractivity (Wildman–Crippen MR) is 45.9 cm³/mol. The molecule has 1 fully saturated rings. The summed E-state index contributed by atoms with van der Waals surface area (Å²) in [5, 5.41) is 0. The topological polar surface area (TPSA) is 0 Å². The van der Waals surface area contributed by atoms with Gasteiger partial charge in [0.25, 0.3) is 0 Å². The second-order valence-electron chi connectivity index (χ2n) is 3.06. The third kappa shape index (κ3) is 1.73. The molecule has 0 N–H and O–H groups in total. The summed E-state index contributed by atoms with van der Waals surface area (Å²) in [6, 6.07) is 0. The van der Waals surface area contributed by atoms with E-state index in [0.29, 0.717) is 0 Å². The third-order valence-electron chi connectivity index (χ3n) is 2.26. The first kappa shape index (κ1) is 7.59. The Morgan fingerprint density at radius 2 is 2.00 bits per heavy atom. The zero-order valence-electron chi connectivity index (χ0n) is 6.77. The fourth-order valence-electron chi connectivity index (χ4n) is 1.65. The highest BCUT2D eigenvalue weighted by atomic mass is 14.2. The van der Waals surface area contributed by atoms with E-state index in [1.54, 1.807) is 0 Å². The number of hydrogen-bond donors (Lipinski definition) is 0. The molecule has 0 nitrogen and oxygen atoms in total. The minimum atomic E-state index is 0.802. The lowest BCUT2D eigenvalue weighted by atomic mass is 9.99. The maximum absolute atomic E-state index is 4.04. The fraction of sp³-hybridized carbons (Fsp3) is 0.600. The van der Waals surface area contributed by atoms with Gasteiger partial charge in [0, 0.05) is 0 Å². The zero-order chi connectivity index (χ0) is 7.40. The van der Waals surface area contributed by atoms with Crippen LogP contribution in [0.2, 0.25) is 0 Å². The Bertz CT molecular complexity index is 136. The molecule has 1 aliphatic rings. The van der Waals surface area contributed by atoms with Gasteiger partial charge in [0.05, 0.1) is 0 Å². The molecule has 0 bridgehead atoms. The van der Waals surface area contributed by atoms with Gasteiger partial charge in [0.15, 0.2) is 0 Å². The van der Waals surface area contributed by atoms with E-state index in [4.69, 9.17) is 0 Å². The van der Waals surface area contributed by atoms with Crippen molar-refractivity contribution in [3.05, 3.63) is 24.3 Å². The highest BCUT2D eigenvalue weighted by Gasteiger charge is 2.15. The van der Waals surface area contributed by atoms with Gasteiger partial charge in [-0.3, -0.25) is 0 Å². The Balaban J connectivity index is 2.40. The van der Waals surface area contributed by atoms with Crippen LogP contribution in [0, 0.1) is 5.92 Å². The highest BCUT2D eigenvalue weighted by molar-refractivity contribution is 5.17. The van der Waals surface area contributed by atoms with E-state index in [-0.39, 0.29) is 0 Å². The fourth-order valence-corrected chi connectivity index (χ4v) is 1.65. The highest BCUT2D eigenvalue weighted by Crippen LogP contribution is 2.30. The van der Waals surface area contributed by atoms with Crippen LogP contribution in [-0.4, -0.2) is 0 Å². The van der Waals surface area contributed by atoms with Gasteiger partial charge in [-0.05, 0) is 25.7 Å². The summed E-state index contributed by atoms with van der Waals surface area (Å²) in [7, 11) is 0. The van der Waals surface area contributed by atoms with Crippen molar-refractivity contribution in [1.29, 1.82) is 0 Å². The molecule has 1 aliphatic carbocycles. The molecule has 0 aromatic rings. The molecule has 0 aromatic carbocycles. The van der Waals surface area contributed by atoms with Crippen molar-refractivity contribution in [2.45, 2.75) is 32.6 Å². The minimum Gasteiger partial charge on any atom is -0.0956 e. The standard InChI is InChI=1S/C10H16/c1-3-6-9(2)10-7-4-5-8-10/h3,6,10H,2,4-5,7-8H2,1H3/b6-3+. The number of rotatable bonds is 2. The van der Waals surface area contributed by atoms with Crippen LogP contribution in [0.25, 0.3) is 0 Å². The van der Waals surface area contributed by atoms with Gasteiger partial charge >= 0.3 is 0 Å².